The molecule has 0 aromatic carbocycles. The number of nitrogens with one attached hydrogen (secondary N) is 1. The maximum absolute atomic E-state index is 4.25. The second kappa shape index (κ2) is 5.00. The minimum Gasteiger partial charge on any atom is -0.364 e. The van der Waals surface area contributed by atoms with Gasteiger partial charge < -0.3 is 5.32 Å². The lowest BCUT2D eigenvalue weighted by atomic mass is 10.0. The normalized spacial score (nSPS) is 18.8. The van der Waals surface area contributed by atoms with Gasteiger partial charge in [-0.2, -0.15) is 0 Å². The van der Waals surface area contributed by atoms with Crippen molar-refractivity contribution in [1.82, 2.24) is 19.5 Å². The Morgan fingerprint density at radius 2 is 2.33 bits per heavy atom. The number of aromatic nitrogens is 4. The molecule has 0 saturated carbocycles. The van der Waals surface area contributed by atoms with E-state index >= 15 is 0 Å². The summed E-state index contributed by atoms with van der Waals surface area (Å²) in [6.45, 7) is 0. The van der Waals surface area contributed by atoms with Crippen LogP contribution in [0.5, 0.6) is 0 Å². The summed E-state index contributed by atoms with van der Waals surface area (Å²) < 4.78 is 1.86. The van der Waals surface area contributed by atoms with Crippen molar-refractivity contribution >= 4 is 5.82 Å². The molecule has 5 nitrogen and oxygen atoms in total. The Morgan fingerprint density at radius 3 is 3.11 bits per heavy atom. The minimum absolute atomic E-state index is 0.379. The van der Waals surface area contributed by atoms with E-state index in [2.05, 4.69) is 32.4 Å². The molecule has 0 amide bonds. The third kappa shape index (κ3) is 2.40. The molecule has 0 saturated heterocycles. The minimum atomic E-state index is 0.379. The van der Waals surface area contributed by atoms with E-state index in [4.69, 9.17) is 0 Å². The number of anilines is 1. The first-order valence-electron chi connectivity index (χ1n) is 6.15. The highest BCUT2D eigenvalue weighted by Gasteiger charge is 2.09. The molecule has 0 fully saturated rings. The van der Waals surface area contributed by atoms with Gasteiger partial charge in [-0.1, -0.05) is 12.2 Å². The largest absolute Gasteiger partial charge is 0.364 e. The smallest absolute Gasteiger partial charge is 0.143 e. The Kier molecular flexibility index (Phi) is 3.04. The standard InChI is InChI=1S/C13H15N5/c1-2-4-11(5-3-1)17-12-8-13(16-9-15-12)18-7-6-14-10-18/h2,4,6-11H,1,3,5H2,(H,15,16,17)/t11-/m1/s1. The molecule has 2 aromatic heterocycles. The molecular formula is C13H15N5. The fourth-order valence-electron chi connectivity index (χ4n) is 2.08. The number of nitrogens with zero attached hydrogens (tertiary/aromatic N) is 4. The second-order valence-corrected chi connectivity index (χ2v) is 4.34. The second-order valence-electron chi connectivity index (χ2n) is 4.34. The summed E-state index contributed by atoms with van der Waals surface area (Å²) in [7, 11) is 0. The van der Waals surface area contributed by atoms with Crippen LogP contribution in [0.2, 0.25) is 0 Å². The van der Waals surface area contributed by atoms with Crippen LogP contribution < -0.4 is 5.32 Å². The van der Waals surface area contributed by atoms with Gasteiger partial charge in [0.1, 0.15) is 24.3 Å². The van der Waals surface area contributed by atoms with Gasteiger partial charge in [0.2, 0.25) is 0 Å². The highest BCUT2D eigenvalue weighted by atomic mass is 15.1. The third-order valence-electron chi connectivity index (χ3n) is 3.01. The Balaban J connectivity index is 1.78. The molecule has 1 aliphatic rings. The Hall–Kier alpha value is -2.17. The zero-order chi connectivity index (χ0) is 12.2. The van der Waals surface area contributed by atoms with E-state index in [1.807, 2.05) is 16.8 Å². The molecule has 1 N–H and O–H groups in total. The average Bonchev–Trinajstić information content (AvgIpc) is 2.94. The third-order valence-corrected chi connectivity index (χ3v) is 3.01. The Labute approximate surface area is 106 Å². The SMILES string of the molecule is C1=C[C@@H](Nc2cc(-n3ccnc3)ncn2)CCC1. The van der Waals surface area contributed by atoms with E-state index in [9.17, 15) is 0 Å². The van der Waals surface area contributed by atoms with E-state index < -0.39 is 0 Å². The van der Waals surface area contributed by atoms with Gasteiger partial charge in [-0.05, 0) is 19.3 Å². The van der Waals surface area contributed by atoms with Gasteiger partial charge in [0.15, 0.2) is 0 Å². The molecule has 3 rings (SSSR count). The molecule has 0 spiro atoms. The maximum atomic E-state index is 4.25. The maximum Gasteiger partial charge on any atom is 0.143 e. The molecule has 0 aliphatic heterocycles. The van der Waals surface area contributed by atoms with Crippen molar-refractivity contribution in [3.8, 4) is 5.82 Å². The Morgan fingerprint density at radius 1 is 1.33 bits per heavy atom. The Bertz CT molecular complexity index is 532. The molecular weight excluding hydrogens is 226 g/mol. The molecule has 5 heteroatoms. The van der Waals surface area contributed by atoms with Crippen LogP contribution in [0.25, 0.3) is 5.82 Å². The number of hydrogen-bond acceptors (Lipinski definition) is 4. The van der Waals surface area contributed by atoms with Gasteiger partial charge >= 0.3 is 0 Å². The molecule has 2 heterocycles. The van der Waals surface area contributed by atoms with Gasteiger partial charge in [0.05, 0.1) is 0 Å². The van der Waals surface area contributed by atoms with Gasteiger partial charge in [0, 0.05) is 24.5 Å². The lowest BCUT2D eigenvalue weighted by Crippen LogP contribution is -2.19. The molecule has 0 unspecified atom stereocenters. The van der Waals surface area contributed by atoms with Crippen LogP contribution in [0, 0.1) is 0 Å². The number of rotatable bonds is 3. The van der Waals surface area contributed by atoms with Gasteiger partial charge in [-0.3, -0.25) is 4.57 Å². The van der Waals surface area contributed by atoms with Crippen LogP contribution in [-0.2, 0) is 0 Å². The quantitative estimate of drug-likeness (QED) is 0.837. The van der Waals surface area contributed by atoms with Crippen molar-refractivity contribution in [1.29, 1.82) is 0 Å². The molecule has 18 heavy (non-hydrogen) atoms. The molecule has 1 atom stereocenters. The fourth-order valence-corrected chi connectivity index (χ4v) is 2.08. The van der Waals surface area contributed by atoms with Crippen molar-refractivity contribution < 1.29 is 0 Å². The van der Waals surface area contributed by atoms with E-state index in [-0.39, 0.29) is 0 Å². The van der Waals surface area contributed by atoms with Crippen molar-refractivity contribution in [2.24, 2.45) is 0 Å². The van der Waals surface area contributed by atoms with Crippen LogP contribution >= 0.6 is 0 Å². The van der Waals surface area contributed by atoms with Crippen LogP contribution in [0.1, 0.15) is 19.3 Å². The van der Waals surface area contributed by atoms with Crippen molar-refractivity contribution in [2.75, 3.05) is 5.32 Å². The summed E-state index contributed by atoms with van der Waals surface area (Å²) in [5, 5.41) is 3.41. The van der Waals surface area contributed by atoms with E-state index in [0.717, 1.165) is 18.1 Å². The van der Waals surface area contributed by atoms with Gasteiger partial charge in [0.25, 0.3) is 0 Å². The topological polar surface area (TPSA) is 55.6 Å². The number of allylic oxidation sites excluding steroid dienone is 1. The lowest BCUT2D eigenvalue weighted by molar-refractivity contribution is 0.671. The fraction of sp³-hybridized carbons (Fsp3) is 0.308. The van der Waals surface area contributed by atoms with E-state index in [1.54, 1.807) is 18.9 Å². The molecule has 0 bridgehead atoms. The first kappa shape index (κ1) is 11.0. The lowest BCUT2D eigenvalue weighted by Gasteiger charge is -2.18. The molecule has 1 aliphatic carbocycles. The average molecular weight is 241 g/mol. The van der Waals surface area contributed by atoms with E-state index in [1.165, 1.54) is 12.8 Å². The molecule has 92 valence electrons. The first-order valence-corrected chi connectivity index (χ1v) is 6.15. The van der Waals surface area contributed by atoms with Crippen LogP contribution in [0.3, 0.4) is 0 Å². The summed E-state index contributed by atoms with van der Waals surface area (Å²) >= 11 is 0. The summed E-state index contributed by atoms with van der Waals surface area (Å²) in [4.78, 5) is 12.5. The van der Waals surface area contributed by atoms with Crippen LogP contribution in [0.15, 0.2) is 43.3 Å². The monoisotopic (exact) mass is 241 g/mol. The number of imidazole rings is 1. The predicted molar refractivity (Wildman–Crippen MR) is 69.6 cm³/mol. The zero-order valence-corrected chi connectivity index (χ0v) is 10.0. The van der Waals surface area contributed by atoms with Crippen molar-refractivity contribution in [3.05, 3.63) is 43.3 Å². The highest BCUT2D eigenvalue weighted by Crippen LogP contribution is 2.16. The van der Waals surface area contributed by atoms with Gasteiger partial charge in [-0.15, -0.1) is 0 Å². The molecule has 2 aromatic rings. The van der Waals surface area contributed by atoms with Gasteiger partial charge in [-0.25, -0.2) is 15.0 Å². The predicted octanol–water partition coefficient (Wildman–Crippen LogP) is 2.18. The summed E-state index contributed by atoms with van der Waals surface area (Å²) in [5.41, 5.74) is 0. The zero-order valence-electron chi connectivity index (χ0n) is 10.0. The summed E-state index contributed by atoms with van der Waals surface area (Å²) in [6, 6.07) is 2.31. The highest BCUT2D eigenvalue weighted by molar-refractivity contribution is 5.42. The number of hydrogen-bond donors (Lipinski definition) is 1. The van der Waals surface area contributed by atoms with Crippen molar-refractivity contribution in [2.45, 2.75) is 25.3 Å². The van der Waals surface area contributed by atoms with E-state index in [0.29, 0.717) is 6.04 Å². The summed E-state index contributed by atoms with van der Waals surface area (Å²) in [5.74, 6) is 1.68. The van der Waals surface area contributed by atoms with Crippen molar-refractivity contribution in [3.63, 3.8) is 0 Å². The summed E-state index contributed by atoms with van der Waals surface area (Å²) in [6.07, 6.45) is 14.9. The molecule has 0 radical (unpaired) electrons. The van der Waals surface area contributed by atoms with Crippen LogP contribution in [0.4, 0.5) is 5.82 Å². The van der Waals surface area contributed by atoms with Crippen LogP contribution in [-0.4, -0.2) is 25.6 Å². The first-order chi connectivity index (χ1) is 8.92.